The normalized spacial score (nSPS) is 19.6. The van der Waals surface area contributed by atoms with E-state index >= 15 is 0 Å². The second-order valence-corrected chi connectivity index (χ2v) is 8.13. The van der Waals surface area contributed by atoms with Crippen LogP contribution in [-0.4, -0.2) is 45.2 Å². The predicted molar refractivity (Wildman–Crippen MR) is 115 cm³/mol. The van der Waals surface area contributed by atoms with Gasteiger partial charge in [0, 0.05) is 37.6 Å². The van der Waals surface area contributed by atoms with E-state index in [9.17, 15) is 4.39 Å². The molecule has 5 rings (SSSR count). The van der Waals surface area contributed by atoms with Crippen molar-refractivity contribution in [1.82, 2.24) is 19.9 Å². The molecule has 1 N–H and O–H groups in total. The Morgan fingerprint density at radius 2 is 1.86 bits per heavy atom. The van der Waals surface area contributed by atoms with Crippen molar-refractivity contribution in [2.24, 2.45) is 0 Å². The van der Waals surface area contributed by atoms with E-state index < -0.39 is 6.17 Å². The van der Waals surface area contributed by atoms with Crippen LogP contribution < -0.4 is 5.32 Å². The number of alkyl halides is 1. The topological polar surface area (TPSA) is 53.9 Å². The van der Waals surface area contributed by atoms with Crippen LogP contribution in [0.25, 0.3) is 21.6 Å². The zero-order valence-corrected chi connectivity index (χ0v) is 16.5. The molecule has 1 fully saturated rings. The number of likely N-dealkylation sites (tertiary alicyclic amines) is 1. The highest BCUT2D eigenvalue weighted by Crippen LogP contribution is 2.31. The minimum Gasteiger partial charge on any atom is -0.362 e. The maximum absolute atomic E-state index is 14.8. The van der Waals surface area contributed by atoms with Crippen LogP contribution in [0, 0.1) is 0 Å². The van der Waals surface area contributed by atoms with Crippen molar-refractivity contribution in [2.45, 2.75) is 18.8 Å². The number of fused-ring (bicyclic) bond motifs is 1. The highest BCUT2D eigenvalue weighted by Gasteiger charge is 2.33. The number of pyridine rings is 1. The molecule has 3 aromatic heterocycles. The molecular formula is C22H20FN5S. The van der Waals surface area contributed by atoms with Gasteiger partial charge >= 0.3 is 0 Å². The lowest BCUT2D eigenvalue weighted by atomic mass is 10.2. The maximum Gasteiger partial charge on any atom is 0.162 e. The summed E-state index contributed by atoms with van der Waals surface area (Å²) in [6.07, 6.45) is 2.49. The van der Waals surface area contributed by atoms with Gasteiger partial charge in [0.1, 0.15) is 12.0 Å². The summed E-state index contributed by atoms with van der Waals surface area (Å²) in [6.45, 7) is 1.81. The van der Waals surface area contributed by atoms with Crippen LogP contribution in [0.4, 0.5) is 10.2 Å². The number of nitrogens with zero attached hydrogens (tertiary/aromatic N) is 4. The number of hydrogen-bond donors (Lipinski definition) is 1. The van der Waals surface area contributed by atoms with E-state index in [4.69, 9.17) is 4.98 Å². The largest absolute Gasteiger partial charge is 0.362 e. The minimum atomic E-state index is -0.951. The lowest BCUT2D eigenvalue weighted by Gasteiger charge is -2.17. The molecular weight excluding hydrogens is 385 g/mol. The molecule has 5 nitrogen and oxygen atoms in total. The molecule has 1 aliphatic heterocycles. The number of aromatic nitrogens is 3. The molecule has 0 aliphatic carbocycles. The molecule has 4 aromatic rings. The highest BCUT2D eigenvalue weighted by molar-refractivity contribution is 7.17. The van der Waals surface area contributed by atoms with Gasteiger partial charge in [0.15, 0.2) is 5.82 Å². The molecule has 0 radical (unpaired) electrons. The molecule has 0 saturated carbocycles. The molecule has 0 bridgehead atoms. The zero-order valence-electron chi connectivity index (χ0n) is 15.7. The van der Waals surface area contributed by atoms with Crippen molar-refractivity contribution in [3.05, 3.63) is 71.9 Å². The Bertz CT molecular complexity index is 1100. The summed E-state index contributed by atoms with van der Waals surface area (Å²) in [4.78, 5) is 15.6. The van der Waals surface area contributed by atoms with E-state index in [1.54, 1.807) is 23.7 Å². The second-order valence-electron chi connectivity index (χ2n) is 7.21. The second kappa shape index (κ2) is 7.85. The first kappa shape index (κ1) is 18.1. The summed E-state index contributed by atoms with van der Waals surface area (Å²) in [5.74, 6) is 1.32. The Morgan fingerprint density at radius 1 is 1.03 bits per heavy atom. The third kappa shape index (κ3) is 3.83. The average molecular weight is 406 g/mol. The fraction of sp³-hybridized carbons (Fsp3) is 0.227. The first-order valence-corrected chi connectivity index (χ1v) is 10.5. The standard InChI is InChI=1S/C22H20FN5S/c23-17-13-28(12-15-4-2-1-3-5-15)14-19(17)26-22-20-18(8-11-29-20)25-21(27-22)16-6-9-24-10-7-16/h1-11,17,19H,12-14H2,(H,25,26,27)/t17-,19?/m0/s1. The molecule has 1 aliphatic rings. The molecule has 29 heavy (non-hydrogen) atoms. The average Bonchev–Trinajstić information content (AvgIpc) is 3.36. The Morgan fingerprint density at radius 3 is 2.69 bits per heavy atom. The van der Waals surface area contributed by atoms with Gasteiger partial charge in [-0.3, -0.25) is 9.88 Å². The van der Waals surface area contributed by atoms with Gasteiger partial charge < -0.3 is 5.32 Å². The highest BCUT2D eigenvalue weighted by atomic mass is 32.1. The van der Waals surface area contributed by atoms with Crippen molar-refractivity contribution in [3.8, 4) is 11.4 Å². The monoisotopic (exact) mass is 405 g/mol. The van der Waals surface area contributed by atoms with Gasteiger partial charge in [-0.2, -0.15) is 0 Å². The van der Waals surface area contributed by atoms with E-state index in [1.165, 1.54) is 5.56 Å². The van der Waals surface area contributed by atoms with Crippen molar-refractivity contribution in [1.29, 1.82) is 0 Å². The number of thiophene rings is 1. The van der Waals surface area contributed by atoms with E-state index in [-0.39, 0.29) is 6.04 Å². The smallest absolute Gasteiger partial charge is 0.162 e. The van der Waals surface area contributed by atoms with Crippen molar-refractivity contribution in [3.63, 3.8) is 0 Å². The first-order chi connectivity index (χ1) is 14.3. The van der Waals surface area contributed by atoms with Crippen LogP contribution in [-0.2, 0) is 6.54 Å². The van der Waals surface area contributed by atoms with Gasteiger partial charge in [-0.25, -0.2) is 14.4 Å². The first-order valence-electron chi connectivity index (χ1n) is 9.59. The quantitative estimate of drug-likeness (QED) is 0.534. The fourth-order valence-corrected chi connectivity index (χ4v) is 4.50. The Labute approximate surface area is 172 Å². The Kier molecular flexibility index (Phi) is 4.91. The number of anilines is 1. The summed E-state index contributed by atoms with van der Waals surface area (Å²) in [5, 5.41) is 5.36. The van der Waals surface area contributed by atoms with Crippen LogP contribution in [0.15, 0.2) is 66.3 Å². The Hall–Kier alpha value is -2.90. The lowest BCUT2D eigenvalue weighted by molar-refractivity contribution is 0.281. The zero-order chi connectivity index (χ0) is 19.6. The van der Waals surface area contributed by atoms with Crippen LogP contribution in [0.3, 0.4) is 0 Å². The van der Waals surface area contributed by atoms with Gasteiger partial charge in [0.2, 0.25) is 0 Å². The molecule has 1 unspecified atom stereocenters. The van der Waals surface area contributed by atoms with Crippen LogP contribution >= 0.6 is 11.3 Å². The van der Waals surface area contributed by atoms with Gasteiger partial charge in [0.25, 0.3) is 0 Å². The summed E-state index contributed by atoms with van der Waals surface area (Å²) in [7, 11) is 0. The van der Waals surface area contributed by atoms with Crippen LogP contribution in [0.5, 0.6) is 0 Å². The summed E-state index contributed by atoms with van der Waals surface area (Å²) < 4.78 is 15.8. The number of hydrogen-bond acceptors (Lipinski definition) is 6. The molecule has 0 amide bonds. The number of nitrogens with one attached hydrogen (secondary N) is 1. The fourth-order valence-electron chi connectivity index (χ4n) is 3.71. The third-order valence-electron chi connectivity index (χ3n) is 5.14. The van der Waals surface area contributed by atoms with E-state index in [1.807, 2.05) is 41.8 Å². The van der Waals surface area contributed by atoms with Crippen LogP contribution in [0.2, 0.25) is 0 Å². The number of rotatable bonds is 5. The molecule has 1 saturated heterocycles. The number of benzene rings is 1. The molecule has 7 heteroatoms. The van der Waals surface area contributed by atoms with Crippen molar-refractivity contribution < 1.29 is 4.39 Å². The van der Waals surface area contributed by atoms with E-state index in [0.29, 0.717) is 24.7 Å². The minimum absolute atomic E-state index is 0.302. The van der Waals surface area contributed by atoms with Gasteiger partial charge in [-0.05, 0) is 29.1 Å². The van der Waals surface area contributed by atoms with Gasteiger partial charge in [0.05, 0.1) is 16.3 Å². The lowest BCUT2D eigenvalue weighted by Crippen LogP contribution is -2.30. The summed E-state index contributed by atoms with van der Waals surface area (Å²) in [6, 6.07) is 15.6. The molecule has 146 valence electrons. The summed E-state index contributed by atoms with van der Waals surface area (Å²) in [5.41, 5.74) is 2.96. The predicted octanol–water partition coefficient (Wildman–Crippen LogP) is 4.39. The summed E-state index contributed by atoms with van der Waals surface area (Å²) >= 11 is 1.57. The van der Waals surface area contributed by atoms with Crippen molar-refractivity contribution >= 4 is 27.4 Å². The van der Waals surface area contributed by atoms with E-state index in [2.05, 4.69) is 32.3 Å². The van der Waals surface area contributed by atoms with E-state index in [0.717, 1.165) is 22.3 Å². The van der Waals surface area contributed by atoms with Crippen LogP contribution in [0.1, 0.15) is 5.56 Å². The number of halogens is 1. The third-order valence-corrected chi connectivity index (χ3v) is 6.05. The van der Waals surface area contributed by atoms with Gasteiger partial charge in [-0.15, -0.1) is 11.3 Å². The molecule has 0 spiro atoms. The maximum atomic E-state index is 14.8. The Balaban J connectivity index is 1.39. The van der Waals surface area contributed by atoms with Crippen molar-refractivity contribution in [2.75, 3.05) is 18.4 Å². The SMILES string of the molecule is F[C@H]1CN(Cc2ccccc2)CC1Nc1nc(-c2ccncc2)nc2ccsc12. The van der Waals surface area contributed by atoms with Gasteiger partial charge in [-0.1, -0.05) is 30.3 Å². The molecule has 2 atom stereocenters. The molecule has 4 heterocycles. The molecule has 1 aromatic carbocycles.